The van der Waals surface area contributed by atoms with E-state index in [9.17, 15) is 13.2 Å². The van der Waals surface area contributed by atoms with Crippen LogP contribution in [0.25, 0.3) is 11.0 Å². The summed E-state index contributed by atoms with van der Waals surface area (Å²) in [6.45, 7) is 0.832. The largest absolute Gasteiger partial charge is 0.468 e. The molecule has 7 nitrogen and oxygen atoms in total. The molecule has 1 aliphatic rings. The summed E-state index contributed by atoms with van der Waals surface area (Å²) in [6.07, 6.45) is 5.54. The average molecular weight is 385 g/mol. The van der Waals surface area contributed by atoms with Gasteiger partial charge in [-0.25, -0.2) is 8.42 Å². The van der Waals surface area contributed by atoms with Crippen LogP contribution in [0.1, 0.15) is 29.0 Å². The topological polar surface area (TPSA) is 93.4 Å². The van der Waals surface area contributed by atoms with Gasteiger partial charge in [-0.3, -0.25) is 14.8 Å². The second-order valence-corrected chi connectivity index (χ2v) is 8.92. The highest BCUT2D eigenvalue weighted by Crippen LogP contribution is 2.23. The highest BCUT2D eigenvalue weighted by atomic mass is 32.2. The summed E-state index contributed by atoms with van der Waals surface area (Å²) in [5.74, 6) is 0.248. The van der Waals surface area contributed by atoms with Crippen LogP contribution < -0.4 is 0 Å². The Morgan fingerprint density at radius 3 is 2.56 bits per heavy atom. The molecule has 1 saturated heterocycles. The number of aromatic nitrogens is 2. The van der Waals surface area contributed by atoms with Crippen molar-refractivity contribution in [3.8, 4) is 0 Å². The summed E-state index contributed by atoms with van der Waals surface area (Å²) >= 11 is 0. The average Bonchev–Trinajstić information content (AvgIpc) is 3.19. The lowest BCUT2D eigenvalue weighted by Gasteiger charge is -2.31. The van der Waals surface area contributed by atoms with Crippen molar-refractivity contribution >= 4 is 26.8 Å². The Bertz CT molecular complexity index is 1060. The number of benzene rings is 1. The summed E-state index contributed by atoms with van der Waals surface area (Å²) in [6, 6.07) is 8.58. The summed E-state index contributed by atoms with van der Waals surface area (Å²) in [5.41, 5.74) is 1.94. The van der Waals surface area contributed by atoms with Gasteiger partial charge in [0.2, 0.25) is 0 Å². The molecule has 1 aromatic carbocycles. The van der Waals surface area contributed by atoms with Crippen molar-refractivity contribution in [2.75, 3.05) is 13.1 Å². The molecule has 2 aromatic heterocycles. The Labute approximate surface area is 156 Å². The molecule has 0 aliphatic carbocycles. The molecule has 0 N–H and O–H groups in total. The first-order chi connectivity index (χ1) is 13.0. The van der Waals surface area contributed by atoms with Crippen molar-refractivity contribution in [3.05, 3.63) is 60.3 Å². The number of fused-ring (bicyclic) bond motifs is 1. The number of likely N-dealkylation sites (tertiary alicyclic amines) is 1. The number of furan rings is 1. The molecule has 4 rings (SSSR count). The first-order valence-electron chi connectivity index (χ1n) is 8.77. The van der Waals surface area contributed by atoms with Crippen LogP contribution in [-0.2, 0) is 15.6 Å². The number of hydrogen-bond donors (Lipinski definition) is 0. The Kier molecular flexibility index (Phi) is 4.65. The van der Waals surface area contributed by atoms with Gasteiger partial charge in [0.05, 0.1) is 22.5 Å². The van der Waals surface area contributed by atoms with Crippen LogP contribution in [0.4, 0.5) is 0 Å². The van der Waals surface area contributed by atoms with Gasteiger partial charge >= 0.3 is 0 Å². The first kappa shape index (κ1) is 17.7. The van der Waals surface area contributed by atoms with E-state index < -0.39 is 15.1 Å². The standard InChI is InChI=1S/C19H19N3O4S/c23-19(14-3-4-17-18(12-14)21-8-7-20-17)22-9-5-16(6-10-22)27(24,25)13-15-2-1-11-26-15/h1-4,7-8,11-12,16H,5-6,9-10,13H2. The van der Waals surface area contributed by atoms with Gasteiger partial charge in [0.15, 0.2) is 9.84 Å². The first-order valence-corrected chi connectivity index (χ1v) is 10.5. The van der Waals surface area contributed by atoms with Crippen LogP contribution in [0.3, 0.4) is 0 Å². The zero-order chi connectivity index (χ0) is 18.9. The van der Waals surface area contributed by atoms with Gasteiger partial charge in [0.1, 0.15) is 11.5 Å². The summed E-state index contributed by atoms with van der Waals surface area (Å²) < 4.78 is 30.3. The summed E-state index contributed by atoms with van der Waals surface area (Å²) in [5, 5.41) is -0.450. The molecule has 0 radical (unpaired) electrons. The van der Waals surface area contributed by atoms with Crippen molar-refractivity contribution in [1.82, 2.24) is 14.9 Å². The summed E-state index contributed by atoms with van der Waals surface area (Å²) in [4.78, 5) is 22.9. The Balaban J connectivity index is 1.43. The lowest BCUT2D eigenvalue weighted by molar-refractivity contribution is 0.0725. The number of carbonyl (C=O) groups excluding carboxylic acids is 1. The number of rotatable bonds is 4. The maximum absolute atomic E-state index is 12.8. The molecule has 0 spiro atoms. The van der Waals surface area contributed by atoms with Crippen molar-refractivity contribution in [1.29, 1.82) is 0 Å². The molecule has 0 unspecified atom stereocenters. The maximum Gasteiger partial charge on any atom is 0.253 e. The van der Waals surface area contributed by atoms with Crippen LogP contribution >= 0.6 is 0 Å². The fraction of sp³-hybridized carbons (Fsp3) is 0.316. The molecule has 3 aromatic rings. The lowest BCUT2D eigenvalue weighted by Crippen LogP contribution is -2.42. The second kappa shape index (κ2) is 7.11. The normalized spacial score (nSPS) is 15.9. The molecule has 1 aliphatic heterocycles. The van der Waals surface area contributed by atoms with E-state index in [0.717, 1.165) is 5.52 Å². The minimum absolute atomic E-state index is 0.0953. The minimum Gasteiger partial charge on any atom is -0.468 e. The molecule has 0 bridgehead atoms. The zero-order valence-corrected chi connectivity index (χ0v) is 15.4. The van der Waals surface area contributed by atoms with E-state index in [2.05, 4.69) is 9.97 Å². The number of hydrogen-bond acceptors (Lipinski definition) is 6. The third kappa shape index (κ3) is 3.71. The molecule has 8 heteroatoms. The number of sulfone groups is 1. The molecule has 140 valence electrons. The highest BCUT2D eigenvalue weighted by Gasteiger charge is 2.32. The molecule has 27 heavy (non-hydrogen) atoms. The van der Waals surface area contributed by atoms with Gasteiger partial charge in [0, 0.05) is 31.0 Å². The van der Waals surface area contributed by atoms with Gasteiger partial charge < -0.3 is 9.32 Å². The van der Waals surface area contributed by atoms with Gasteiger partial charge in [0.25, 0.3) is 5.91 Å². The van der Waals surface area contributed by atoms with E-state index in [-0.39, 0.29) is 11.7 Å². The number of carbonyl (C=O) groups is 1. The second-order valence-electron chi connectivity index (χ2n) is 6.64. The maximum atomic E-state index is 12.8. The van der Waals surface area contributed by atoms with Crippen LogP contribution in [-0.4, -0.2) is 47.5 Å². The monoisotopic (exact) mass is 385 g/mol. The van der Waals surface area contributed by atoms with Gasteiger partial charge in [-0.2, -0.15) is 0 Å². The molecule has 1 fully saturated rings. The Morgan fingerprint density at radius 1 is 1.11 bits per heavy atom. The van der Waals surface area contributed by atoms with Crippen LogP contribution in [0.5, 0.6) is 0 Å². The highest BCUT2D eigenvalue weighted by molar-refractivity contribution is 7.91. The molecular weight excluding hydrogens is 366 g/mol. The van der Waals surface area contributed by atoms with E-state index in [1.54, 1.807) is 47.6 Å². The van der Waals surface area contributed by atoms with Crippen molar-refractivity contribution in [2.45, 2.75) is 23.8 Å². The Hall–Kier alpha value is -2.74. The quantitative estimate of drug-likeness (QED) is 0.685. The molecule has 0 atom stereocenters. The van der Waals surface area contributed by atoms with Crippen LogP contribution in [0.15, 0.2) is 53.4 Å². The van der Waals surface area contributed by atoms with E-state index >= 15 is 0 Å². The van der Waals surface area contributed by atoms with Crippen molar-refractivity contribution in [3.63, 3.8) is 0 Å². The van der Waals surface area contributed by atoms with Crippen LogP contribution in [0, 0.1) is 0 Å². The lowest BCUT2D eigenvalue weighted by atomic mass is 10.1. The number of piperidine rings is 1. The van der Waals surface area contributed by atoms with E-state index in [4.69, 9.17) is 4.42 Å². The van der Waals surface area contributed by atoms with Crippen LogP contribution in [0.2, 0.25) is 0 Å². The zero-order valence-electron chi connectivity index (χ0n) is 14.6. The SMILES string of the molecule is O=C(c1ccc2nccnc2c1)N1CCC(S(=O)(=O)Cc2ccco2)CC1. The Morgan fingerprint density at radius 2 is 1.85 bits per heavy atom. The third-order valence-corrected chi connectivity index (χ3v) is 7.05. The third-order valence-electron chi connectivity index (χ3n) is 4.88. The predicted octanol–water partition coefficient (Wildman–Crippen LogP) is 2.44. The van der Waals surface area contributed by atoms with Gasteiger partial charge in [-0.05, 0) is 43.2 Å². The van der Waals surface area contributed by atoms with E-state index in [1.165, 1.54) is 6.26 Å². The molecular formula is C19H19N3O4S. The fourth-order valence-electron chi connectivity index (χ4n) is 3.41. The van der Waals surface area contributed by atoms with Crippen molar-refractivity contribution < 1.29 is 17.6 Å². The molecule has 3 heterocycles. The molecule has 1 amide bonds. The number of amides is 1. The van der Waals surface area contributed by atoms with E-state index in [1.807, 2.05) is 0 Å². The predicted molar refractivity (Wildman–Crippen MR) is 99.8 cm³/mol. The van der Waals surface area contributed by atoms with Gasteiger partial charge in [-0.1, -0.05) is 0 Å². The van der Waals surface area contributed by atoms with Crippen molar-refractivity contribution in [2.24, 2.45) is 0 Å². The van der Waals surface area contributed by atoms with E-state index in [0.29, 0.717) is 42.8 Å². The summed E-state index contributed by atoms with van der Waals surface area (Å²) in [7, 11) is -3.30. The number of nitrogens with zero attached hydrogens (tertiary/aromatic N) is 3. The van der Waals surface area contributed by atoms with Gasteiger partial charge in [-0.15, -0.1) is 0 Å². The molecule has 0 saturated carbocycles. The minimum atomic E-state index is -3.30. The smallest absolute Gasteiger partial charge is 0.253 e. The fourth-order valence-corrected chi connectivity index (χ4v) is 5.13.